The van der Waals surface area contributed by atoms with Gasteiger partial charge in [0, 0.05) is 51.0 Å². The van der Waals surface area contributed by atoms with E-state index in [9.17, 15) is 9.59 Å². The molecule has 2 atom stereocenters. The summed E-state index contributed by atoms with van der Waals surface area (Å²) in [7, 11) is 0. The molecule has 142 valence electrons. The number of carbonyl (C=O) groups excluding carboxylic acids is 2. The largest absolute Gasteiger partial charge is 0.381 e. The Morgan fingerprint density at radius 3 is 2.54 bits per heavy atom. The number of hydrogen-bond acceptors (Lipinski definition) is 3. The topological polar surface area (TPSA) is 49.9 Å². The Balaban J connectivity index is 1.70. The zero-order chi connectivity index (χ0) is 18.7. The van der Waals surface area contributed by atoms with Gasteiger partial charge < -0.3 is 14.5 Å². The van der Waals surface area contributed by atoms with Crippen molar-refractivity contribution in [3.8, 4) is 0 Å². The van der Waals surface area contributed by atoms with Gasteiger partial charge in [-0.15, -0.1) is 0 Å². The molecule has 5 heteroatoms. The van der Waals surface area contributed by atoms with Crippen LogP contribution in [-0.2, 0) is 20.7 Å². The zero-order valence-electron chi connectivity index (χ0n) is 16.2. The first kappa shape index (κ1) is 18.9. The Morgan fingerprint density at radius 1 is 1.19 bits per heavy atom. The molecule has 0 bridgehead atoms. The molecule has 0 spiro atoms. The summed E-state index contributed by atoms with van der Waals surface area (Å²) < 4.78 is 5.79. The highest BCUT2D eigenvalue weighted by molar-refractivity contribution is 5.79. The number of rotatable bonds is 5. The fourth-order valence-corrected chi connectivity index (χ4v) is 4.29. The monoisotopic (exact) mass is 358 g/mol. The number of benzene rings is 1. The lowest BCUT2D eigenvalue weighted by molar-refractivity contribution is -0.133. The molecule has 0 saturated carbocycles. The molecular weight excluding hydrogens is 328 g/mol. The Labute approximate surface area is 156 Å². The Kier molecular flexibility index (Phi) is 5.66. The highest BCUT2D eigenvalue weighted by Gasteiger charge is 2.50. The van der Waals surface area contributed by atoms with Crippen LogP contribution in [0.4, 0.5) is 0 Å². The maximum atomic E-state index is 12.9. The van der Waals surface area contributed by atoms with Gasteiger partial charge in [0.25, 0.3) is 0 Å². The van der Waals surface area contributed by atoms with Crippen molar-refractivity contribution < 1.29 is 14.3 Å². The zero-order valence-corrected chi connectivity index (χ0v) is 16.2. The second kappa shape index (κ2) is 7.78. The maximum absolute atomic E-state index is 12.9. The van der Waals surface area contributed by atoms with Crippen molar-refractivity contribution in [2.24, 2.45) is 11.3 Å². The fraction of sp³-hybridized carbons (Fsp3) is 0.619. The molecule has 26 heavy (non-hydrogen) atoms. The van der Waals surface area contributed by atoms with Gasteiger partial charge in [0.15, 0.2) is 0 Å². The molecule has 3 rings (SSSR count). The van der Waals surface area contributed by atoms with Gasteiger partial charge in [-0.05, 0) is 25.8 Å². The normalized spacial score (nSPS) is 25.3. The van der Waals surface area contributed by atoms with Gasteiger partial charge >= 0.3 is 0 Å². The average molecular weight is 358 g/mol. The minimum absolute atomic E-state index is 0.00903. The van der Waals surface area contributed by atoms with Crippen LogP contribution >= 0.6 is 0 Å². The Morgan fingerprint density at radius 2 is 1.88 bits per heavy atom. The van der Waals surface area contributed by atoms with E-state index in [4.69, 9.17) is 4.74 Å². The minimum atomic E-state index is -0.00903. The van der Waals surface area contributed by atoms with Crippen LogP contribution in [-0.4, -0.2) is 61.0 Å². The molecule has 2 aliphatic heterocycles. The van der Waals surface area contributed by atoms with Crippen molar-refractivity contribution >= 4 is 11.8 Å². The van der Waals surface area contributed by atoms with Gasteiger partial charge in [0.1, 0.15) is 0 Å². The van der Waals surface area contributed by atoms with Crippen molar-refractivity contribution in [1.29, 1.82) is 0 Å². The molecule has 5 nitrogen and oxygen atoms in total. The molecule has 1 aromatic carbocycles. The van der Waals surface area contributed by atoms with Crippen LogP contribution in [0.15, 0.2) is 24.3 Å². The highest BCUT2D eigenvalue weighted by Crippen LogP contribution is 2.43. The fourth-order valence-electron chi connectivity index (χ4n) is 4.29. The summed E-state index contributed by atoms with van der Waals surface area (Å²) in [5, 5.41) is 0. The molecule has 1 aromatic rings. The van der Waals surface area contributed by atoms with E-state index in [1.807, 2.05) is 41.0 Å². The first-order valence-corrected chi connectivity index (χ1v) is 9.60. The molecule has 2 aliphatic rings. The van der Waals surface area contributed by atoms with E-state index in [0.717, 1.165) is 38.2 Å². The quantitative estimate of drug-likeness (QED) is 0.811. The van der Waals surface area contributed by atoms with E-state index < -0.39 is 0 Å². The Bertz CT molecular complexity index is 658. The second-order valence-corrected chi connectivity index (χ2v) is 7.85. The predicted octanol–water partition coefficient (Wildman–Crippen LogP) is 2.27. The van der Waals surface area contributed by atoms with Gasteiger partial charge in [-0.1, -0.05) is 29.8 Å². The second-order valence-electron chi connectivity index (χ2n) is 7.85. The highest BCUT2D eigenvalue weighted by atomic mass is 16.5. The number of likely N-dealkylation sites (tertiary alicyclic amines) is 2. The summed E-state index contributed by atoms with van der Waals surface area (Å²) in [5.74, 6) is 0.599. The summed E-state index contributed by atoms with van der Waals surface area (Å²) in [6.07, 6.45) is 1.35. The first-order valence-electron chi connectivity index (χ1n) is 9.60. The van der Waals surface area contributed by atoms with Crippen LogP contribution in [0.3, 0.4) is 0 Å². The number of ether oxygens (including phenoxy) is 1. The molecule has 2 heterocycles. The van der Waals surface area contributed by atoms with Crippen LogP contribution in [0.5, 0.6) is 0 Å². The first-order chi connectivity index (χ1) is 12.4. The molecule has 2 saturated heterocycles. The number of hydrogen-bond donors (Lipinski definition) is 0. The average Bonchev–Trinajstić information content (AvgIpc) is 3.01. The van der Waals surface area contributed by atoms with Crippen molar-refractivity contribution in [2.45, 2.75) is 33.6 Å². The van der Waals surface area contributed by atoms with Crippen LogP contribution in [0.25, 0.3) is 0 Å². The maximum Gasteiger partial charge on any atom is 0.227 e. The van der Waals surface area contributed by atoms with E-state index in [2.05, 4.69) is 6.92 Å². The van der Waals surface area contributed by atoms with E-state index in [1.54, 1.807) is 6.92 Å². The van der Waals surface area contributed by atoms with Gasteiger partial charge in [-0.3, -0.25) is 9.59 Å². The number of piperidine rings is 1. The standard InChI is InChI=1S/C21H30N2O3/c1-4-26-15-21-9-10-22(17(3)24)12-19(21)13-23(14-21)20(25)11-18-7-5-16(2)6-8-18/h5-8,19H,4,9-15H2,1-3H3/t19-,21+/m1/s1. The van der Waals surface area contributed by atoms with E-state index in [0.29, 0.717) is 25.6 Å². The summed E-state index contributed by atoms with van der Waals surface area (Å²) in [6.45, 7) is 10.0. The summed E-state index contributed by atoms with van der Waals surface area (Å²) >= 11 is 0. The molecule has 0 aromatic heterocycles. The van der Waals surface area contributed by atoms with Crippen molar-refractivity contribution in [3.05, 3.63) is 35.4 Å². The van der Waals surface area contributed by atoms with Gasteiger partial charge in [0.2, 0.25) is 11.8 Å². The van der Waals surface area contributed by atoms with Crippen LogP contribution in [0.1, 0.15) is 31.4 Å². The number of amides is 2. The van der Waals surface area contributed by atoms with Crippen LogP contribution in [0.2, 0.25) is 0 Å². The number of aryl methyl sites for hydroxylation is 1. The lowest BCUT2D eigenvalue weighted by Crippen LogP contribution is -2.50. The Hall–Kier alpha value is -1.88. The molecule has 0 aliphatic carbocycles. The lowest BCUT2D eigenvalue weighted by atomic mass is 9.73. The van der Waals surface area contributed by atoms with E-state index in [-0.39, 0.29) is 17.2 Å². The third kappa shape index (κ3) is 3.93. The molecule has 2 amide bonds. The van der Waals surface area contributed by atoms with Crippen molar-refractivity contribution in [3.63, 3.8) is 0 Å². The molecular formula is C21H30N2O3. The van der Waals surface area contributed by atoms with E-state index >= 15 is 0 Å². The smallest absolute Gasteiger partial charge is 0.227 e. The lowest BCUT2D eigenvalue weighted by Gasteiger charge is -2.42. The summed E-state index contributed by atoms with van der Waals surface area (Å²) in [4.78, 5) is 28.6. The summed E-state index contributed by atoms with van der Waals surface area (Å²) in [6, 6.07) is 8.16. The minimum Gasteiger partial charge on any atom is -0.381 e. The van der Waals surface area contributed by atoms with Crippen molar-refractivity contribution in [2.75, 3.05) is 39.4 Å². The van der Waals surface area contributed by atoms with Gasteiger partial charge in [-0.2, -0.15) is 0 Å². The number of nitrogens with zero attached hydrogens (tertiary/aromatic N) is 2. The molecule has 0 unspecified atom stereocenters. The SMILES string of the molecule is CCOC[C@@]12CCN(C(C)=O)C[C@@H]1CN(C(=O)Cc1ccc(C)cc1)C2. The summed E-state index contributed by atoms with van der Waals surface area (Å²) in [5.41, 5.74) is 2.25. The predicted molar refractivity (Wildman–Crippen MR) is 101 cm³/mol. The van der Waals surface area contributed by atoms with Crippen molar-refractivity contribution in [1.82, 2.24) is 9.80 Å². The number of carbonyl (C=O) groups is 2. The van der Waals surface area contributed by atoms with Crippen LogP contribution in [0, 0.1) is 18.3 Å². The van der Waals surface area contributed by atoms with E-state index in [1.165, 1.54) is 5.56 Å². The third-order valence-corrected chi connectivity index (χ3v) is 6.00. The molecule has 0 N–H and O–H groups in total. The van der Waals surface area contributed by atoms with Gasteiger partial charge in [-0.25, -0.2) is 0 Å². The van der Waals surface area contributed by atoms with Crippen LogP contribution < -0.4 is 0 Å². The third-order valence-electron chi connectivity index (χ3n) is 6.00. The van der Waals surface area contributed by atoms with Gasteiger partial charge in [0.05, 0.1) is 13.0 Å². The molecule has 2 fully saturated rings. The molecule has 0 radical (unpaired) electrons. The number of fused-ring (bicyclic) bond motifs is 1.